The second-order valence-corrected chi connectivity index (χ2v) is 6.28. The molecule has 0 saturated heterocycles. The summed E-state index contributed by atoms with van der Waals surface area (Å²) in [6.45, 7) is 0. The van der Waals surface area contributed by atoms with Gasteiger partial charge in [-0.05, 0) is 54.6 Å². The lowest BCUT2D eigenvalue weighted by Crippen LogP contribution is -2.30. The molecule has 0 atom stereocenters. The molecular formula is C23H22N2O6. The first-order chi connectivity index (χ1) is 15.0. The van der Waals surface area contributed by atoms with Gasteiger partial charge in [0.1, 0.15) is 17.2 Å². The molecule has 2 aromatic carbocycles. The topological polar surface area (TPSA) is 99.0 Å². The minimum Gasteiger partial charge on any atom is -0.497 e. The molecule has 0 saturated carbocycles. The fourth-order valence-electron chi connectivity index (χ4n) is 2.72. The fourth-order valence-corrected chi connectivity index (χ4v) is 2.72. The van der Waals surface area contributed by atoms with Crippen molar-refractivity contribution in [3.8, 4) is 17.2 Å². The molecule has 8 heteroatoms. The van der Waals surface area contributed by atoms with Gasteiger partial charge < -0.3 is 29.3 Å². The molecule has 2 N–H and O–H groups in total. The monoisotopic (exact) mass is 422 g/mol. The number of anilines is 1. The maximum atomic E-state index is 12.9. The summed E-state index contributed by atoms with van der Waals surface area (Å²) < 4.78 is 20.8. The summed E-state index contributed by atoms with van der Waals surface area (Å²) in [5.41, 5.74) is 0.835. The van der Waals surface area contributed by atoms with Crippen molar-refractivity contribution in [1.82, 2.24) is 5.32 Å². The number of benzene rings is 2. The quantitative estimate of drug-likeness (QED) is 0.537. The van der Waals surface area contributed by atoms with Crippen molar-refractivity contribution in [2.75, 3.05) is 26.6 Å². The number of furan rings is 1. The van der Waals surface area contributed by atoms with Crippen molar-refractivity contribution in [1.29, 1.82) is 0 Å². The summed E-state index contributed by atoms with van der Waals surface area (Å²) >= 11 is 0. The van der Waals surface area contributed by atoms with Crippen molar-refractivity contribution >= 4 is 23.6 Å². The molecule has 3 aromatic rings. The Morgan fingerprint density at radius 2 is 1.65 bits per heavy atom. The van der Waals surface area contributed by atoms with Crippen molar-refractivity contribution in [3.05, 3.63) is 77.9 Å². The summed E-state index contributed by atoms with van der Waals surface area (Å²) in [7, 11) is 4.54. The van der Waals surface area contributed by atoms with Crippen LogP contribution in [0.4, 0.5) is 5.69 Å². The van der Waals surface area contributed by atoms with Gasteiger partial charge in [0.25, 0.3) is 11.8 Å². The highest BCUT2D eigenvalue weighted by molar-refractivity contribution is 6.10. The molecule has 2 amide bonds. The third-order valence-electron chi connectivity index (χ3n) is 4.32. The SMILES string of the molecule is COc1ccc(NC(=O)/C(=C/c2ccco2)NC(=O)c2ccc(OC)c(OC)c2)cc1. The summed E-state index contributed by atoms with van der Waals surface area (Å²) in [4.78, 5) is 25.7. The van der Waals surface area contributed by atoms with Crippen LogP contribution >= 0.6 is 0 Å². The van der Waals surface area contributed by atoms with Crippen molar-refractivity contribution in [2.24, 2.45) is 0 Å². The van der Waals surface area contributed by atoms with Gasteiger partial charge in [0.15, 0.2) is 11.5 Å². The number of nitrogens with one attached hydrogen (secondary N) is 2. The van der Waals surface area contributed by atoms with E-state index in [1.165, 1.54) is 32.6 Å². The van der Waals surface area contributed by atoms with Crippen LogP contribution in [0.1, 0.15) is 16.1 Å². The van der Waals surface area contributed by atoms with Gasteiger partial charge in [-0.1, -0.05) is 0 Å². The van der Waals surface area contributed by atoms with Gasteiger partial charge in [-0.2, -0.15) is 0 Å². The molecule has 1 aromatic heterocycles. The van der Waals surface area contributed by atoms with E-state index in [1.807, 2.05) is 0 Å². The van der Waals surface area contributed by atoms with E-state index in [0.717, 1.165) is 0 Å². The third kappa shape index (κ3) is 5.45. The molecule has 0 spiro atoms. The summed E-state index contributed by atoms with van der Waals surface area (Å²) in [5, 5.41) is 5.37. The maximum Gasteiger partial charge on any atom is 0.272 e. The molecule has 160 valence electrons. The molecule has 0 aliphatic rings. The van der Waals surface area contributed by atoms with E-state index in [4.69, 9.17) is 18.6 Å². The van der Waals surface area contributed by atoms with Crippen LogP contribution in [-0.2, 0) is 4.79 Å². The van der Waals surface area contributed by atoms with Crippen molar-refractivity contribution in [3.63, 3.8) is 0 Å². The van der Waals surface area contributed by atoms with Crippen molar-refractivity contribution < 1.29 is 28.2 Å². The summed E-state index contributed by atoms with van der Waals surface area (Å²) in [5.74, 6) is 0.940. The van der Waals surface area contributed by atoms with E-state index in [9.17, 15) is 9.59 Å². The zero-order chi connectivity index (χ0) is 22.2. The number of amides is 2. The Morgan fingerprint density at radius 3 is 2.26 bits per heavy atom. The standard InChI is InChI=1S/C23H22N2O6/c1-28-17-9-7-16(8-10-17)24-23(27)19(14-18-5-4-12-31-18)25-22(26)15-6-11-20(29-2)21(13-15)30-3/h4-14H,1-3H3,(H,24,27)(H,25,26)/b19-14-. The smallest absolute Gasteiger partial charge is 0.272 e. The fraction of sp³-hybridized carbons (Fsp3) is 0.130. The predicted octanol–water partition coefficient (Wildman–Crippen LogP) is 3.72. The minimum atomic E-state index is -0.518. The first-order valence-corrected chi connectivity index (χ1v) is 9.28. The Kier molecular flexibility index (Phi) is 6.95. The number of ether oxygens (including phenoxy) is 3. The Morgan fingerprint density at radius 1 is 0.903 bits per heavy atom. The molecule has 0 aliphatic heterocycles. The number of carbonyl (C=O) groups is 2. The first-order valence-electron chi connectivity index (χ1n) is 9.28. The number of hydrogen-bond donors (Lipinski definition) is 2. The maximum absolute atomic E-state index is 12.9. The Labute approximate surface area is 179 Å². The number of hydrogen-bond acceptors (Lipinski definition) is 6. The van der Waals surface area contributed by atoms with Crippen LogP contribution in [0.25, 0.3) is 6.08 Å². The Bertz CT molecular complexity index is 1070. The molecule has 31 heavy (non-hydrogen) atoms. The predicted molar refractivity (Wildman–Crippen MR) is 115 cm³/mol. The lowest BCUT2D eigenvalue weighted by atomic mass is 10.1. The Balaban J connectivity index is 1.83. The molecule has 0 bridgehead atoms. The third-order valence-corrected chi connectivity index (χ3v) is 4.32. The van der Waals surface area contributed by atoms with Crippen LogP contribution in [0.3, 0.4) is 0 Å². The molecule has 0 fully saturated rings. The van der Waals surface area contributed by atoms with E-state index < -0.39 is 11.8 Å². The van der Waals surface area contributed by atoms with Crippen LogP contribution in [0.15, 0.2) is 71.0 Å². The molecular weight excluding hydrogens is 400 g/mol. The molecule has 3 rings (SSSR count). The molecule has 0 aliphatic carbocycles. The largest absolute Gasteiger partial charge is 0.497 e. The summed E-state index contributed by atoms with van der Waals surface area (Å²) in [6, 6.07) is 14.9. The minimum absolute atomic E-state index is 0.00514. The average molecular weight is 422 g/mol. The van der Waals surface area contributed by atoms with Gasteiger partial charge in [-0.25, -0.2) is 0 Å². The summed E-state index contributed by atoms with van der Waals surface area (Å²) in [6.07, 6.45) is 2.92. The Hall–Kier alpha value is -4.20. The van der Waals surface area contributed by atoms with Gasteiger partial charge in [0, 0.05) is 17.3 Å². The molecule has 0 unspecified atom stereocenters. The van der Waals surface area contributed by atoms with E-state index >= 15 is 0 Å². The van der Waals surface area contributed by atoms with E-state index in [2.05, 4.69) is 10.6 Å². The zero-order valence-electron chi connectivity index (χ0n) is 17.3. The van der Waals surface area contributed by atoms with Gasteiger partial charge in [-0.3, -0.25) is 9.59 Å². The molecule has 8 nitrogen and oxygen atoms in total. The second kappa shape index (κ2) is 10.0. The number of carbonyl (C=O) groups excluding carboxylic acids is 2. The van der Waals surface area contributed by atoms with Crippen LogP contribution in [-0.4, -0.2) is 33.1 Å². The van der Waals surface area contributed by atoms with Crippen LogP contribution in [0.5, 0.6) is 17.2 Å². The van der Waals surface area contributed by atoms with E-state index in [-0.39, 0.29) is 5.70 Å². The highest BCUT2D eigenvalue weighted by Gasteiger charge is 2.17. The van der Waals surface area contributed by atoms with E-state index in [1.54, 1.807) is 55.6 Å². The van der Waals surface area contributed by atoms with Gasteiger partial charge >= 0.3 is 0 Å². The van der Waals surface area contributed by atoms with Gasteiger partial charge in [0.05, 0.1) is 27.6 Å². The van der Waals surface area contributed by atoms with Crippen LogP contribution in [0, 0.1) is 0 Å². The lowest BCUT2D eigenvalue weighted by Gasteiger charge is -2.12. The highest BCUT2D eigenvalue weighted by Crippen LogP contribution is 2.27. The highest BCUT2D eigenvalue weighted by atomic mass is 16.5. The van der Waals surface area contributed by atoms with Crippen LogP contribution < -0.4 is 24.8 Å². The zero-order valence-corrected chi connectivity index (χ0v) is 17.3. The second-order valence-electron chi connectivity index (χ2n) is 6.28. The van der Waals surface area contributed by atoms with Gasteiger partial charge in [0.2, 0.25) is 0 Å². The number of methoxy groups -OCH3 is 3. The van der Waals surface area contributed by atoms with Gasteiger partial charge in [-0.15, -0.1) is 0 Å². The van der Waals surface area contributed by atoms with Crippen LogP contribution in [0.2, 0.25) is 0 Å². The van der Waals surface area contributed by atoms with E-state index in [0.29, 0.717) is 34.3 Å². The lowest BCUT2D eigenvalue weighted by molar-refractivity contribution is -0.113. The van der Waals surface area contributed by atoms with Crippen molar-refractivity contribution in [2.45, 2.75) is 0 Å². The first kappa shape index (κ1) is 21.5. The average Bonchev–Trinajstić information content (AvgIpc) is 3.31. The number of rotatable bonds is 8. The molecule has 1 heterocycles. The molecule has 0 radical (unpaired) electrons. The normalized spacial score (nSPS) is 10.9.